The highest BCUT2D eigenvalue weighted by atomic mass is 16.6. The first-order valence-corrected chi connectivity index (χ1v) is 8.71. The predicted octanol–water partition coefficient (Wildman–Crippen LogP) is 4.41. The second-order valence-electron chi connectivity index (χ2n) is 7.58. The number of aromatic nitrogens is 1. The van der Waals surface area contributed by atoms with Gasteiger partial charge in [0, 0.05) is 37.3 Å². The molecule has 1 fully saturated rings. The van der Waals surface area contributed by atoms with Crippen LogP contribution >= 0.6 is 0 Å². The summed E-state index contributed by atoms with van der Waals surface area (Å²) in [6, 6.07) is 3.98. The van der Waals surface area contributed by atoms with Crippen molar-refractivity contribution in [2.45, 2.75) is 52.1 Å². The Morgan fingerprint density at radius 2 is 2.12 bits per heavy atom. The maximum Gasteiger partial charge on any atom is 0.410 e. The molecule has 0 N–H and O–H groups in total. The molecule has 1 saturated heterocycles. The van der Waals surface area contributed by atoms with Crippen molar-refractivity contribution in [3.8, 4) is 0 Å². The predicted molar refractivity (Wildman–Crippen MR) is 92.9 cm³/mol. The summed E-state index contributed by atoms with van der Waals surface area (Å²) in [6.45, 7) is 7.27. The van der Waals surface area contributed by atoms with Gasteiger partial charge in [0.1, 0.15) is 16.9 Å². The lowest BCUT2D eigenvalue weighted by molar-refractivity contribution is 0.0181. The molecular formula is C19H26N2O3. The molecular weight excluding hydrogens is 304 g/mol. The highest BCUT2D eigenvalue weighted by Gasteiger charge is 2.26. The van der Waals surface area contributed by atoms with Crippen LogP contribution in [-0.4, -0.2) is 34.7 Å². The van der Waals surface area contributed by atoms with Gasteiger partial charge < -0.3 is 14.1 Å². The minimum absolute atomic E-state index is 0.189. The molecule has 0 aliphatic carbocycles. The summed E-state index contributed by atoms with van der Waals surface area (Å²) in [4.78, 5) is 18.0. The lowest BCUT2D eigenvalue weighted by Gasteiger charge is -2.33. The van der Waals surface area contributed by atoms with Gasteiger partial charge in [-0.1, -0.05) is 0 Å². The normalized spacial score (nSPS) is 16.5. The van der Waals surface area contributed by atoms with Crippen LogP contribution in [-0.2, 0) is 11.2 Å². The maximum atomic E-state index is 12.1. The largest absolute Gasteiger partial charge is 0.461 e. The van der Waals surface area contributed by atoms with Crippen LogP contribution in [0.3, 0.4) is 0 Å². The number of aryl methyl sites for hydroxylation is 1. The third-order valence-electron chi connectivity index (χ3n) is 4.43. The Morgan fingerprint density at radius 1 is 1.38 bits per heavy atom. The molecule has 0 spiro atoms. The number of pyridine rings is 1. The Labute approximate surface area is 143 Å². The molecule has 5 heteroatoms. The van der Waals surface area contributed by atoms with Crippen molar-refractivity contribution >= 4 is 17.1 Å². The fourth-order valence-corrected chi connectivity index (χ4v) is 3.14. The molecule has 5 nitrogen and oxygen atoms in total. The van der Waals surface area contributed by atoms with Crippen LogP contribution in [0.2, 0.25) is 0 Å². The maximum absolute atomic E-state index is 12.1. The average Bonchev–Trinajstić information content (AvgIpc) is 2.94. The third kappa shape index (κ3) is 4.28. The molecule has 0 atom stereocenters. The highest BCUT2D eigenvalue weighted by Crippen LogP contribution is 2.25. The Bertz CT molecular complexity index is 661. The van der Waals surface area contributed by atoms with Crippen molar-refractivity contribution in [2.75, 3.05) is 13.1 Å². The van der Waals surface area contributed by atoms with Crippen LogP contribution in [0.1, 0.15) is 45.8 Å². The Hall–Kier alpha value is -2.04. The Balaban J connectivity index is 1.46. The molecule has 1 aliphatic heterocycles. The topological polar surface area (TPSA) is 55.6 Å². The molecule has 1 amide bonds. The van der Waals surface area contributed by atoms with Crippen molar-refractivity contribution in [1.82, 2.24) is 9.88 Å². The van der Waals surface area contributed by atoms with Gasteiger partial charge in [0.2, 0.25) is 0 Å². The van der Waals surface area contributed by atoms with E-state index in [4.69, 9.17) is 9.15 Å². The van der Waals surface area contributed by atoms with Crippen LogP contribution < -0.4 is 0 Å². The second-order valence-corrected chi connectivity index (χ2v) is 7.58. The molecule has 3 rings (SSSR count). The first-order valence-electron chi connectivity index (χ1n) is 8.71. The number of hydrogen-bond donors (Lipinski definition) is 0. The zero-order chi connectivity index (χ0) is 17.2. The molecule has 1 aliphatic rings. The number of hydrogen-bond acceptors (Lipinski definition) is 4. The molecule has 0 unspecified atom stereocenters. The van der Waals surface area contributed by atoms with Gasteiger partial charge in [0.25, 0.3) is 0 Å². The zero-order valence-electron chi connectivity index (χ0n) is 14.7. The molecule has 130 valence electrons. The van der Waals surface area contributed by atoms with E-state index in [-0.39, 0.29) is 6.09 Å². The number of amides is 1. The number of piperidine rings is 1. The summed E-state index contributed by atoms with van der Waals surface area (Å²) in [5.74, 6) is 1.66. The lowest BCUT2D eigenvalue weighted by atomic mass is 9.92. The van der Waals surface area contributed by atoms with E-state index in [9.17, 15) is 4.79 Å². The van der Waals surface area contributed by atoms with E-state index in [1.54, 1.807) is 6.20 Å². The SMILES string of the molecule is CC(C)(C)OC(=O)N1CCC(CCc2cc3cnccc3o2)CC1. The number of carbonyl (C=O) groups is 1. The van der Waals surface area contributed by atoms with E-state index in [0.717, 1.165) is 55.5 Å². The summed E-state index contributed by atoms with van der Waals surface area (Å²) in [5.41, 5.74) is 0.476. The van der Waals surface area contributed by atoms with Gasteiger partial charge >= 0.3 is 6.09 Å². The van der Waals surface area contributed by atoms with E-state index in [2.05, 4.69) is 11.1 Å². The first kappa shape index (κ1) is 16.8. The summed E-state index contributed by atoms with van der Waals surface area (Å²) < 4.78 is 11.3. The number of likely N-dealkylation sites (tertiary alicyclic amines) is 1. The standard InChI is InChI=1S/C19H26N2O3/c1-19(2,3)24-18(22)21-10-7-14(8-11-21)4-5-16-12-15-13-20-9-6-17(15)23-16/h6,9,12-14H,4-5,7-8,10-11H2,1-3H3. The van der Waals surface area contributed by atoms with Crippen LogP contribution in [0, 0.1) is 5.92 Å². The highest BCUT2D eigenvalue weighted by molar-refractivity contribution is 5.76. The van der Waals surface area contributed by atoms with E-state index in [1.165, 1.54) is 0 Å². The average molecular weight is 330 g/mol. The van der Waals surface area contributed by atoms with Gasteiger partial charge in [-0.15, -0.1) is 0 Å². The second kappa shape index (κ2) is 6.83. The Morgan fingerprint density at radius 3 is 2.79 bits per heavy atom. The molecule has 24 heavy (non-hydrogen) atoms. The third-order valence-corrected chi connectivity index (χ3v) is 4.43. The molecule has 0 aromatic carbocycles. The number of furan rings is 1. The van der Waals surface area contributed by atoms with E-state index in [1.807, 2.05) is 37.9 Å². The van der Waals surface area contributed by atoms with Gasteiger partial charge in [-0.2, -0.15) is 0 Å². The fourth-order valence-electron chi connectivity index (χ4n) is 3.14. The van der Waals surface area contributed by atoms with Gasteiger partial charge in [-0.3, -0.25) is 4.98 Å². The molecule has 0 bridgehead atoms. The van der Waals surface area contributed by atoms with Crippen LogP contribution in [0.5, 0.6) is 0 Å². The van der Waals surface area contributed by atoms with Gasteiger partial charge in [-0.25, -0.2) is 4.79 Å². The number of fused-ring (bicyclic) bond motifs is 1. The molecule has 2 aromatic heterocycles. The van der Waals surface area contributed by atoms with Crippen molar-refractivity contribution in [3.63, 3.8) is 0 Å². The first-order chi connectivity index (χ1) is 11.4. The number of rotatable bonds is 3. The van der Waals surface area contributed by atoms with E-state index in [0.29, 0.717) is 5.92 Å². The van der Waals surface area contributed by atoms with Crippen molar-refractivity contribution < 1.29 is 13.9 Å². The molecule has 3 heterocycles. The van der Waals surface area contributed by atoms with Crippen molar-refractivity contribution in [1.29, 1.82) is 0 Å². The van der Waals surface area contributed by atoms with Crippen molar-refractivity contribution in [2.24, 2.45) is 5.92 Å². The van der Waals surface area contributed by atoms with Crippen LogP contribution in [0.4, 0.5) is 4.79 Å². The minimum atomic E-state index is -0.427. The van der Waals surface area contributed by atoms with Gasteiger partial charge in [0.15, 0.2) is 0 Å². The van der Waals surface area contributed by atoms with E-state index >= 15 is 0 Å². The lowest BCUT2D eigenvalue weighted by Crippen LogP contribution is -2.41. The fraction of sp³-hybridized carbons (Fsp3) is 0.579. The zero-order valence-corrected chi connectivity index (χ0v) is 14.7. The smallest absolute Gasteiger partial charge is 0.410 e. The summed E-state index contributed by atoms with van der Waals surface area (Å²) in [5, 5.41) is 1.06. The van der Waals surface area contributed by atoms with Gasteiger partial charge in [0.05, 0.1) is 0 Å². The quantitative estimate of drug-likeness (QED) is 0.836. The number of nitrogens with zero attached hydrogens (tertiary/aromatic N) is 2. The number of ether oxygens (including phenoxy) is 1. The van der Waals surface area contributed by atoms with Crippen LogP contribution in [0.25, 0.3) is 11.0 Å². The monoisotopic (exact) mass is 330 g/mol. The number of carbonyl (C=O) groups excluding carboxylic acids is 1. The summed E-state index contributed by atoms with van der Waals surface area (Å²) >= 11 is 0. The van der Waals surface area contributed by atoms with Crippen molar-refractivity contribution in [3.05, 3.63) is 30.3 Å². The van der Waals surface area contributed by atoms with Gasteiger partial charge in [-0.05, 0) is 58.1 Å². The van der Waals surface area contributed by atoms with E-state index < -0.39 is 5.60 Å². The molecule has 0 saturated carbocycles. The molecule has 2 aromatic rings. The summed E-state index contributed by atoms with van der Waals surface area (Å²) in [6.07, 6.45) is 7.48. The Kier molecular flexibility index (Phi) is 4.78. The van der Waals surface area contributed by atoms with Crippen LogP contribution in [0.15, 0.2) is 28.9 Å². The minimum Gasteiger partial charge on any atom is -0.461 e. The summed E-state index contributed by atoms with van der Waals surface area (Å²) in [7, 11) is 0. The molecule has 0 radical (unpaired) electrons.